The van der Waals surface area contributed by atoms with Crippen molar-refractivity contribution in [2.45, 2.75) is 26.7 Å². The second kappa shape index (κ2) is 9.94. The smallest absolute Gasteiger partial charge is 0.220 e. The molecule has 5 heteroatoms. The van der Waals surface area contributed by atoms with Crippen LogP contribution in [0.15, 0.2) is 42.5 Å². The Bertz CT molecular complexity index is 686. The molecular formula is C20H24ClNO3. The van der Waals surface area contributed by atoms with E-state index in [2.05, 4.69) is 5.32 Å². The van der Waals surface area contributed by atoms with Crippen LogP contribution in [0.25, 0.3) is 0 Å². The molecule has 134 valence electrons. The molecule has 2 aromatic rings. The number of halogens is 1. The van der Waals surface area contributed by atoms with Crippen LogP contribution in [0, 0.1) is 13.8 Å². The number of carbonyl (C=O) groups is 1. The minimum atomic E-state index is -0.00181. The lowest BCUT2D eigenvalue weighted by Gasteiger charge is -2.09. The number of hydrogen-bond donors (Lipinski definition) is 1. The van der Waals surface area contributed by atoms with Gasteiger partial charge in [0, 0.05) is 11.4 Å². The predicted octanol–water partition coefficient (Wildman–Crippen LogP) is 4.31. The van der Waals surface area contributed by atoms with Gasteiger partial charge in [0.2, 0.25) is 5.91 Å². The molecule has 4 nitrogen and oxygen atoms in total. The van der Waals surface area contributed by atoms with E-state index in [1.165, 1.54) is 5.56 Å². The first-order valence-corrected chi connectivity index (χ1v) is 8.77. The van der Waals surface area contributed by atoms with Crippen molar-refractivity contribution in [3.05, 3.63) is 58.6 Å². The first-order chi connectivity index (χ1) is 12.0. The lowest BCUT2D eigenvalue weighted by atomic mass is 10.2. The number of ether oxygens (including phenoxy) is 2. The summed E-state index contributed by atoms with van der Waals surface area (Å²) in [5.74, 6) is 1.53. The van der Waals surface area contributed by atoms with Crippen molar-refractivity contribution in [2.75, 3.05) is 19.8 Å². The fourth-order valence-electron chi connectivity index (χ4n) is 2.17. The number of aryl methyl sites for hydroxylation is 2. The van der Waals surface area contributed by atoms with E-state index in [1.54, 1.807) is 6.07 Å². The fourth-order valence-corrected chi connectivity index (χ4v) is 2.34. The minimum absolute atomic E-state index is 0.00181. The van der Waals surface area contributed by atoms with E-state index in [0.29, 0.717) is 43.4 Å². The van der Waals surface area contributed by atoms with Gasteiger partial charge in [-0.2, -0.15) is 0 Å². The highest BCUT2D eigenvalue weighted by Crippen LogP contribution is 2.21. The Labute approximate surface area is 154 Å². The van der Waals surface area contributed by atoms with Crippen molar-refractivity contribution in [1.29, 1.82) is 0 Å². The lowest BCUT2D eigenvalue weighted by Crippen LogP contribution is -2.28. The zero-order valence-corrected chi connectivity index (χ0v) is 15.4. The second-order valence-corrected chi connectivity index (χ2v) is 6.28. The Morgan fingerprint density at radius 1 is 1.00 bits per heavy atom. The van der Waals surface area contributed by atoms with Crippen LogP contribution >= 0.6 is 11.6 Å². The largest absolute Gasteiger partial charge is 0.494 e. The summed E-state index contributed by atoms with van der Waals surface area (Å²) >= 11 is 6.04. The van der Waals surface area contributed by atoms with E-state index in [4.69, 9.17) is 21.1 Å². The summed E-state index contributed by atoms with van der Waals surface area (Å²) in [7, 11) is 0. The van der Waals surface area contributed by atoms with E-state index in [-0.39, 0.29) is 5.91 Å². The Kier molecular flexibility index (Phi) is 7.61. The van der Waals surface area contributed by atoms with E-state index in [9.17, 15) is 4.79 Å². The third kappa shape index (κ3) is 7.06. The summed E-state index contributed by atoms with van der Waals surface area (Å²) in [4.78, 5) is 11.8. The second-order valence-electron chi connectivity index (χ2n) is 5.87. The summed E-state index contributed by atoms with van der Waals surface area (Å²) in [5.41, 5.74) is 2.21. The maximum absolute atomic E-state index is 11.8. The molecule has 0 radical (unpaired) electrons. The summed E-state index contributed by atoms with van der Waals surface area (Å²) in [6.07, 6.45) is 1.11. The van der Waals surface area contributed by atoms with Gasteiger partial charge in [0.15, 0.2) is 0 Å². The van der Waals surface area contributed by atoms with Crippen molar-refractivity contribution in [1.82, 2.24) is 5.32 Å². The maximum atomic E-state index is 11.8. The van der Waals surface area contributed by atoms with Crippen LogP contribution in [-0.2, 0) is 4.79 Å². The molecule has 0 aliphatic heterocycles. The maximum Gasteiger partial charge on any atom is 0.220 e. The third-order valence-corrected chi connectivity index (χ3v) is 4.08. The van der Waals surface area contributed by atoms with Crippen LogP contribution < -0.4 is 14.8 Å². The summed E-state index contributed by atoms with van der Waals surface area (Å²) in [5, 5.41) is 3.51. The number of amides is 1. The van der Waals surface area contributed by atoms with E-state index in [0.717, 1.165) is 11.3 Å². The molecule has 2 aromatic carbocycles. The van der Waals surface area contributed by atoms with Crippen LogP contribution in [-0.4, -0.2) is 25.7 Å². The highest BCUT2D eigenvalue weighted by Gasteiger charge is 2.02. The van der Waals surface area contributed by atoms with Gasteiger partial charge < -0.3 is 14.8 Å². The molecule has 0 aliphatic rings. The first-order valence-electron chi connectivity index (χ1n) is 8.40. The predicted molar refractivity (Wildman–Crippen MR) is 101 cm³/mol. The molecule has 0 fully saturated rings. The highest BCUT2D eigenvalue weighted by atomic mass is 35.5. The molecule has 1 amide bonds. The van der Waals surface area contributed by atoms with Gasteiger partial charge in [-0.05, 0) is 50.1 Å². The SMILES string of the molecule is Cc1ccc(OCCCC(=O)NCCOc2ccc(C)c(Cl)c2)cc1. The van der Waals surface area contributed by atoms with E-state index in [1.807, 2.05) is 50.2 Å². The Hall–Kier alpha value is -2.20. The molecule has 0 bridgehead atoms. The van der Waals surface area contributed by atoms with Crippen LogP contribution in [0.3, 0.4) is 0 Å². The van der Waals surface area contributed by atoms with Gasteiger partial charge in [-0.15, -0.1) is 0 Å². The van der Waals surface area contributed by atoms with Crippen LogP contribution in [0.5, 0.6) is 11.5 Å². The normalized spacial score (nSPS) is 10.4. The van der Waals surface area contributed by atoms with E-state index >= 15 is 0 Å². The number of hydrogen-bond acceptors (Lipinski definition) is 3. The zero-order chi connectivity index (χ0) is 18.1. The van der Waals surface area contributed by atoms with Gasteiger partial charge in [-0.25, -0.2) is 0 Å². The molecule has 2 rings (SSSR count). The van der Waals surface area contributed by atoms with Crippen molar-refractivity contribution >= 4 is 17.5 Å². The zero-order valence-electron chi connectivity index (χ0n) is 14.7. The monoisotopic (exact) mass is 361 g/mol. The Morgan fingerprint density at radius 2 is 1.68 bits per heavy atom. The average Bonchev–Trinajstić information content (AvgIpc) is 2.60. The average molecular weight is 362 g/mol. The molecule has 0 aromatic heterocycles. The van der Waals surface area contributed by atoms with Gasteiger partial charge in [0.25, 0.3) is 0 Å². The molecule has 0 spiro atoms. The molecule has 0 aliphatic carbocycles. The van der Waals surface area contributed by atoms with Crippen molar-refractivity contribution < 1.29 is 14.3 Å². The molecule has 0 unspecified atom stereocenters. The highest BCUT2D eigenvalue weighted by molar-refractivity contribution is 6.31. The first kappa shape index (κ1) is 19.1. The number of carbonyl (C=O) groups excluding carboxylic acids is 1. The quantitative estimate of drug-likeness (QED) is 0.677. The molecule has 0 heterocycles. The topological polar surface area (TPSA) is 47.6 Å². The van der Waals surface area contributed by atoms with Gasteiger partial charge >= 0.3 is 0 Å². The van der Waals surface area contributed by atoms with Crippen LogP contribution in [0.1, 0.15) is 24.0 Å². The molecule has 0 saturated heterocycles. The number of rotatable bonds is 9. The number of nitrogens with one attached hydrogen (secondary N) is 1. The number of benzene rings is 2. The van der Waals surface area contributed by atoms with Gasteiger partial charge in [-0.3, -0.25) is 4.79 Å². The molecule has 1 N–H and O–H groups in total. The molecule has 0 atom stereocenters. The molecule has 25 heavy (non-hydrogen) atoms. The van der Waals surface area contributed by atoms with Crippen LogP contribution in [0.2, 0.25) is 5.02 Å². The summed E-state index contributed by atoms with van der Waals surface area (Å²) in [6, 6.07) is 13.4. The Morgan fingerprint density at radius 3 is 2.40 bits per heavy atom. The third-order valence-electron chi connectivity index (χ3n) is 3.67. The van der Waals surface area contributed by atoms with Crippen LogP contribution in [0.4, 0.5) is 0 Å². The standard InChI is InChI=1S/C20H24ClNO3/c1-15-5-8-17(9-6-15)24-12-3-4-20(23)22-11-13-25-18-10-7-16(2)19(21)14-18/h5-10,14H,3-4,11-13H2,1-2H3,(H,22,23). The lowest BCUT2D eigenvalue weighted by molar-refractivity contribution is -0.121. The van der Waals surface area contributed by atoms with Gasteiger partial charge in [0.1, 0.15) is 18.1 Å². The minimum Gasteiger partial charge on any atom is -0.494 e. The van der Waals surface area contributed by atoms with Crippen molar-refractivity contribution in [3.63, 3.8) is 0 Å². The van der Waals surface area contributed by atoms with Gasteiger partial charge in [0.05, 0.1) is 13.2 Å². The fraction of sp³-hybridized carbons (Fsp3) is 0.350. The Balaban J connectivity index is 1.54. The molecular weight excluding hydrogens is 338 g/mol. The van der Waals surface area contributed by atoms with Crippen molar-refractivity contribution in [3.8, 4) is 11.5 Å². The van der Waals surface area contributed by atoms with Crippen molar-refractivity contribution in [2.24, 2.45) is 0 Å². The summed E-state index contributed by atoms with van der Waals surface area (Å²) < 4.78 is 11.2. The van der Waals surface area contributed by atoms with E-state index < -0.39 is 0 Å². The van der Waals surface area contributed by atoms with Gasteiger partial charge in [-0.1, -0.05) is 35.4 Å². The molecule has 0 saturated carbocycles. The summed E-state index contributed by atoms with van der Waals surface area (Å²) in [6.45, 7) is 5.36.